The van der Waals surface area contributed by atoms with Gasteiger partial charge in [-0.05, 0) is 25.1 Å². The summed E-state index contributed by atoms with van der Waals surface area (Å²) in [6.45, 7) is 2.62. The molecule has 5 nitrogen and oxygen atoms in total. The molecule has 0 radical (unpaired) electrons. The molecule has 5 heteroatoms. The van der Waals surface area contributed by atoms with Crippen LogP contribution in [0.5, 0.6) is 0 Å². The topological polar surface area (TPSA) is 92.6 Å². The fraction of sp³-hybridized carbons (Fsp3) is 0.364. The lowest BCUT2D eigenvalue weighted by molar-refractivity contribution is 0.0733. The van der Waals surface area contributed by atoms with Gasteiger partial charge in [-0.1, -0.05) is 0 Å². The number of hydrogen-bond donors (Lipinski definition) is 3. The Morgan fingerprint density at radius 3 is 2.62 bits per heavy atom. The highest BCUT2D eigenvalue weighted by Crippen LogP contribution is 2.17. The zero-order valence-corrected chi connectivity index (χ0v) is 9.31. The summed E-state index contributed by atoms with van der Waals surface area (Å²) in [7, 11) is 0. The maximum atomic E-state index is 12.0. The van der Waals surface area contributed by atoms with Crippen LogP contribution in [0.4, 0.5) is 11.4 Å². The molecule has 0 aliphatic heterocycles. The highest BCUT2D eigenvalue weighted by Gasteiger charge is 2.15. The number of likely N-dealkylation sites (N-methyl/N-ethyl adjacent to an activating group) is 1. The molecule has 0 aliphatic rings. The van der Waals surface area contributed by atoms with Crippen LogP contribution in [-0.4, -0.2) is 35.6 Å². The van der Waals surface area contributed by atoms with E-state index in [1.165, 1.54) is 4.90 Å². The molecule has 0 aromatic heterocycles. The van der Waals surface area contributed by atoms with Gasteiger partial charge in [0.1, 0.15) is 0 Å². The Kier molecular flexibility index (Phi) is 4.13. The SMILES string of the molecule is CCN(CCO)C(=O)c1ccc(N)cc1N. The summed E-state index contributed by atoms with van der Waals surface area (Å²) in [5, 5.41) is 8.83. The number of nitrogens with two attached hydrogens (primary N) is 2. The minimum absolute atomic E-state index is 0.0611. The molecule has 0 saturated carbocycles. The van der Waals surface area contributed by atoms with Crippen LogP contribution in [0.15, 0.2) is 18.2 Å². The van der Waals surface area contributed by atoms with Crippen LogP contribution in [-0.2, 0) is 0 Å². The molecule has 1 aromatic rings. The molecule has 16 heavy (non-hydrogen) atoms. The van der Waals surface area contributed by atoms with Crippen molar-refractivity contribution in [3.05, 3.63) is 23.8 Å². The van der Waals surface area contributed by atoms with Crippen LogP contribution in [0, 0.1) is 0 Å². The number of carbonyl (C=O) groups is 1. The van der Waals surface area contributed by atoms with Crippen molar-refractivity contribution in [3.63, 3.8) is 0 Å². The highest BCUT2D eigenvalue weighted by molar-refractivity contribution is 5.99. The first-order valence-electron chi connectivity index (χ1n) is 5.15. The number of anilines is 2. The molecule has 88 valence electrons. The van der Waals surface area contributed by atoms with Crippen molar-refractivity contribution >= 4 is 17.3 Å². The second-order valence-electron chi connectivity index (χ2n) is 3.46. The molecule has 0 heterocycles. The third-order valence-electron chi connectivity index (χ3n) is 2.34. The largest absolute Gasteiger partial charge is 0.399 e. The van der Waals surface area contributed by atoms with Crippen molar-refractivity contribution in [1.29, 1.82) is 0 Å². The molecule has 0 atom stereocenters. The van der Waals surface area contributed by atoms with E-state index in [2.05, 4.69) is 0 Å². The maximum absolute atomic E-state index is 12.0. The summed E-state index contributed by atoms with van der Waals surface area (Å²) in [5.74, 6) is -0.186. The average molecular weight is 223 g/mol. The number of benzene rings is 1. The molecule has 1 aromatic carbocycles. The molecule has 1 amide bonds. The van der Waals surface area contributed by atoms with Crippen LogP contribution in [0.2, 0.25) is 0 Å². The Bertz CT molecular complexity index is 379. The van der Waals surface area contributed by atoms with Crippen molar-refractivity contribution in [1.82, 2.24) is 4.90 Å². The number of aliphatic hydroxyl groups excluding tert-OH is 1. The van der Waals surface area contributed by atoms with Crippen LogP contribution in [0.1, 0.15) is 17.3 Å². The maximum Gasteiger partial charge on any atom is 0.256 e. The molecule has 0 bridgehead atoms. The van der Waals surface area contributed by atoms with Gasteiger partial charge < -0.3 is 21.5 Å². The molecular formula is C11H17N3O2. The lowest BCUT2D eigenvalue weighted by atomic mass is 10.1. The van der Waals surface area contributed by atoms with Crippen LogP contribution in [0.25, 0.3) is 0 Å². The van der Waals surface area contributed by atoms with Gasteiger partial charge in [-0.15, -0.1) is 0 Å². The third-order valence-corrected chi connectivity index (χ3v) is 2.34. The molecule has 0 aliphatic carbocycles. The molecular weight excluding hydrogens is 206 g/mol. The Morgan fingerprint density at radius 1 is 1.44 bits per heavy atom. The van der Waals surface area contributed by atoms with Gasteiger partial charge in [0.05, 0.1) is 12.2 Å². The zero-order chi connectivity index (χ0) is 12.1. The van der Waals surface area contributed by atoms with Gasteiger partial charge in [-0.25, -0.2) is 0 Å². The summed E-state index contributed by atoms with van der Waals surface area (Å²) in [4.78, 5) is 13.5. The Morgan fingerprint density at radius 2 is 2.12 bits per heavy atom. The van der Waals surface area contributed by atoms with Crippen molar-refractivity contribution in [2.24, 2.45) is 0 Å². The summed E-state index contributed by atoms with van der Waals surface area (Å²) in [5.41, 5.74) is 12.6. The normalized spacial score (nSPS) is 10.1. The van der Waals surface area contributed by atoms with Crippen molar-refractivity contribution < 1.29 is 9.90 Å². The second kappa shape index (κ2) is 5.37. The number of aliphatic hydroxyl groups is 1. The van der Waals surface area contributed by atoms with Crippen molar-refractivity contribution in [3.8, 4) is 0 Å². The minimum Gasteiger partial charge on any atom is -0.399 e. The Labute approximate surface area is 94.7 Å². The van der Waals surface area contributed by atoms with Gasteiger partial charge in [0.15, 0.2) is 0 Å². The summed E-state index contributed by atoms with van der Waals surface area (Å²) >= 11 is 0. The van der Waals surface area contributed by atoms with E-state index in [0.29, 0.717) is 30.0 Å². The monoisotopic (exact) mass is 223 g/mol. The van der Waals surface area contributed by atoms with E-state index >= 15 is 0 Å². The van der Waals surface area contributed by atoms with Gasteiger partial charge in [-0.3, -0.25) is 4.79 Å². The van der Waals surface area contributed by atoms with Gasteiger partial charge in [0.25, 0.3) is 5.91 Å². The van der Waals surface area contributed by atoms with E-state index in [0.717, 1.165) is 0 Å². The smallest absolute Gasteiger partial charge is 0.256 e. The van der Waals surface area contributed by atoms with Gasteiger partial charge >= 0.3 is 0 Å². The quantitative estimate of drug-likeness (QED) is 0.640. The van der Waals surface area contributed by atoms with Crippen molar-refractivity contribution in [2.75, 3.05) is 31.2 Å². The van der Waals surface area contributed by atoms with Crippen LogP contribution in [0.3, 0.4) is 0 Å². The summed E-state index contributed by atoms with van der Waals surface area (Å²) in [6, 6.07) is 4.80. The molecule has 5 N–H and O–H groups in total. The van der Waals surface area contributed by atoms with E-state index in [-0.39, 0.29) is 12.5 Å². The fourth-order valence-electron chi connectivity index (χ4n) is 1.47. The lowest BCUT2D eigenvalue weighted by Gasteiger charge is -2.20. The number of nitrogens with zero attached hydrogens (tertiary/aromatic N) is 1. The van der Waals surface area contributed by atoms with Crippen LogP contribution >= 0.6 is 0 Å². The minimum atomic E-state index is -0.186. The van der Waals surface area contributed by atoms with Crippen LogP contribution < -0.4 is 11.5 Å². The van der Waals surface area contributed by atoms with Crippen molar-refractivity contribution in [2.45, 2.75) is 6.92 Å². The van der Waals surface area contributed by atoms with E-state index in [1.54, 1.807) is 18.2 Å². The standard InChI is InChI=1S/C11H17N3O2/c1-2-14(5-6-15)11(16)9-4-3-8(12)7-10(9)13/h3-4,7,15H,2,5-6,12-13H2,1H3. The van der Waals surface area contributed by atoms with E-state index in [1.807, 2.05) is 6.92 Å². The van der Waals surface area contributed by atoms with E-state index < -0.39 is 0 Å². The highest BCUT2D eigenvalue weighted by atomic mass is 16.3. The molecule has 0 spiro atoms. The first-order chi connectivity index (χ1) is 7.60. The van der Waals surface area contributed by atoms with Gasteiger partial charge in [0, 0.05) is 24.5 Å². The van der Waals surface area contributed by atoms with Gasteiger partial charge in [0.2, 0.25) is 0 Å². The first kappa shape index (κ1) is 12.3. The van der Waals surface area contributed by atoms with Gasteiger partial charge in [-0.2, -0.15) is 0 Å². The lowest BCUT2D eigenvalue weighted by Crippen LogP contribution is -2.33. The number of carbonyl (C=O) groups excluding carboxylic acids is 1. The molecule has 0 unspecified atom stereocenters. The zero-order valence-electron chi connectivity index (χ0n) is 9.31. The number of amides is 1. The van der Waals surface area contributed by atoms with E-state index in [9.17, 15) is 4.79 Å². The predicted molar refractivity (Wildman–Crippen MR) is 63.9 cm³/mol. The summed E-state index contributed by atoms with van der Waals surface area (Å²) in [6.07, 6.45) is 0. The Hall–Kier alpha value is -1.75. The second-order valence-corrected chi connectivity index (χ2v) is 3.46. The molecule has 0 saturated heterocycles. The first-order valence-corrected chi connectivity index (χ1v) is 5.15. The molecule has 0 fully saturated rings. The predicted octanol–water partition coefficient (Wildman–Crippen LogP) is 0.305. The average Bonchev–Trinajstić information content (AvgIpc) is 2.25. The number of hydrogen-bond acceptors (Lipinski definition) is 4. The number of nitrogen functional groups attached to an aromatic ring is 2. The molecule has 1 rings (SSSR count). The Balaban J connectivity index is 2.94. The third kappa shape index (κ3) is 2.64. The summed E-state index contributed by atoms with van der Waals surface area (Å²) < 4.78 is 0. The van der Waals surface area contributed by atoms with E-state index in [4.69, 9.17) is 16.6 Å². The number of rotatable bonds is 4. The fourth-order valence-corrected chi connectivity index (χ4v) is 1.47.